The maximum atomic E-state index is 13.2. The lowest BCUT2D eigenvalue weighted by molar-refractivity contribution is 0.439. The molecule has 0 saturated heterocycles. The standard InChI is InChI=1S/C14H14FN3O/c1-2-13-8-18-14(19-13)9-17-7-11-3-10(6-16)4-12(15)5-11/h3-5,8,17H,2,7,9H2,1H3. The first-order valence-electron chi connectivity index (χ1n) is 6.05. The Hall–Kier alpha value is -2.19. The van der Waals surface area contributed by atoms with Crippen LogP contribution in [0.25, 0.3) is 0 Å². The Bertz CT molecular complexity index is 601. The Morgan fingerprint density at radius 2 is 2.21 bits per heavy atom. The molecule has 0 spiro atoms. The van der Waals surface area contributed by atoms with Gasteiger partial charge in [-0.1, -0.05) is 6.92 Å². The molecule has 5 heteroatoms. The minimum atomic E-state index is -0.403. The second kappa shape index (κ2) is 6.12. The summed E-state index contributed by atoms with van der Waals surface area (Å²) < 4.78 is 18.6. The zero-order valence-electron chi connectivity index (χ0n) is 10.6. The van der Waals surface area contributed by atoms with Crippen molar-refractivity contribution in [3.05, 3.63) is 53.0 Å². The third-order valence-corrected chi connectivity index (χ3v) is 2.64. The van der Waals surface area contributed by atoms with Crippen molar-refractivity contribution in [2.75, 3.05) is 0 Å². The first-order chi connectivity index (χ1) is 9.21. The second-order valence-electron chi connectivity index (χ2n) is 4.14. The van der Waals surface area contributed by atoms with Gasteiger partial charge in [0.05, 0.1) is 24.4 Å². The Kier molecular flexibility index (Phi) is 4.26. The molecular formula is C14H14FN3O. The molecule has 2 aromatic rings. The number of aromatic nitrogens is 1. The van der Waals surface area contributed by atoms with Crippen LogP contribution >= 0.6 is 0 Å². The van der Waals surface area contributed by atoms with Crippen molar-refractivity contribution in [2.45, 2.75) is 26.4 Å². The van der Waals surface area contributed by atoms with Crippen LogP contribution in [0.3, 0.4) is 0 Å². The first kappa shape index (κ1) is 13.2. The van der Waals surface area contributed by atoms with Gasteiger partial charge >= 0.3 is 0 Å². The van der Waals surface area contributed by atoms with Gasteiger partial charge in [-0.05, 0) is 23.8 Å². The van der Waals surface area contributed by atoms with Gasteiger partial charge in [0.25, 0.3) is 0 Å². The Morgan fingerprint density at radius 3 is 2.89 bits per heavy atom. The van der Waals surface area contributed by atoms with Gasteiger partial charge in [-0.3, -0.25) is 0 Å². The number of hydrogen-bond acceptors (Lipinski definition) is 4. The molecule has 0 unspecified atom stereocenters. The molecule has 0 radical (unpaired) electrons. The molecule has 2 rings (SSSR count). The van der Waals surface area contributed by atoms with E-state index in [-0.39, 0.29) is 0 Å². The molecule has 0 aliphatic heterocycles. The highest BCUT2D eigenvalue weighted by Crippen LogP contribution is 2.09. The number of aryl methyl sites for hydroxylation is 1. The van der Waals surface area contributed by atoms with E-state index in [1.807, 2.05) is 13.0 Å². The Morgan fingerprint density at radius 1 is 1.37 bits per heavy atom. The van der Waals surface area contributed by atoms with Crippen molar-refractivity contribution in [1.29, 1.82) is 5.26 Å². The summed E-state index contributed by atoms with van der Waals surface area (Å²) in [4.78, 5) is 4.11. The van der Waals surface area contributed by atoms with E-state index in [0.717, 1.165) is 17.7 Å². The lowest BCUT2D eigenvalue weighted by Gasteiger charge is -2.03. The van der Waals surface area contributed by atoms with E-state index in [1.165, 1.54) is 12.1 Å². The molecule has 0 aliphatic rings. The summed E-state index contributed by atoms with van der Waals surface area (Å²) in [7, 11) is 0. The van der Waals surface area contributed by atoms with Crippen LogP contribution in [0.15, 0.2) is 28.8 Å². The third kappa shape index (κ3) is 3.63. The van der Waals surface area contributed by atoms with Gasteiger partial charge in [0.2, 0.25) is 5.89 Å². The van der Waals surface area contributed by atoms with Gasteiger partial charge in [-0.2, -0.15) is 5.26 Å². The lowest BCUT2D eigenvalue weighted by atomic mass is 10.1. The van der Waals surface area contributed by atoms with E-state index in [0.29, 0.717) is 24.5 Å². The average Bonchev–Trinajstić information content (AvgIpc) is 2.86. The summed E-state index contributed by atoms with van der Waals surface area (Å²) in [5.74, 6) is 1.04. The van der Waals surface area contributed by atoms with Crippen LogP contribution in [0, 0.1) is 17.1 Å². The zero-order valence-corrected chi connectivity index (χ0v) is 10.6. The van der Waals surface area contributed by atoms with Crippen molar-refractivity contribution >= 4 is 0 Å². The molecule has 19 heavy (non-hydrogen) atoms. The summed E-state index contributed by atoms with van der Waals surface area (Å²) >= 11 is 0. The van der Waals surface area contributed by atoms with Gasteiger partial charge in [-0.25, -0.2) is 9.37 Å². The van der Waals surface area contributed by atoms with E-state index in [9.17, 15) is 4.39 Å². The van der Waals surface area contributed by atoms with Crippen molar-refractivity contribution in [1.82, 2.24) is 10.3 Å². The van der Waals surface area contributed by atoms with Crippen LogP contribution < -0.4 is 5.32 Å². The summed E-state index contributed by atoms with van der Waals surface area (Å²) in [6.07, 6.45) is 2.51. The average molecular weight is 259 g/mol. The van der Waals surface area contributed by atoms with Gasteiger partial charge in [0, 0.05) is 13.0 Å². The number of nitrogens with zero attached hydrogens (tertiary/aromatic N) is 2. The lowest BCUT2D eigenvalue weighted by Crippen LogP contribution is -2.13. The number of rotatable bonds is 5. The maximum absolute atomic E-state index is 13.2. The zero-order chi connectivity index (χ0) is 13.7. The molecule has 0 saturated carbocycles. The largest absolute Gasteiger partial charge is 0.444 e. The molecule has 0 aliphatic carbocycles. The van der Waals surface area contributed by atoms with Crippen molar-refractivity contribution in [3.63, 3.8) is 0 Å². The Labute approximate surface area is 110 Å². The number of nitriles is 1. The summed E-state index contributed by atoms with van der Waals surface area (Å²) in [6.45, 7) is 2.92. The summed E-state index contributed by atoms with van der Waals surface area (Å²) in [6, 6.07) is 6.20. The number of benzene rings is 1. The van der Waals surface area contributed by atoms with Gasteiger partial charge in [0.1, 0.15) is 11.6 Å². The molecule has 1 heterocycles. The first-order valence-corrected chi connectivity index (χ1v) is 6.05. The van der Waals surface area contributed by atoms with E-state index < -0.39 is 5.82 Å². The molecule has 1 aromatic carbocycles. The smallest absolute Gasteiger partial charge is 0.208 e. The highest BCUT2D eigenvalue weighted by atomic mass is 19.1. The summed E-state index contributed by atoms with van der Waals surface area (Å²) in [5.41, 5.74) is 1.04. The number of halogens is 1. The quantitative estimate of drug-likeness (QED) is 0.896. The highest BCUT2D eigenvalue weighted by Gasteiger charge is 2.03. The number of hydrogen-bond donors (Lipinski definition) is 1. The monoisotopic (exact) mass is 259 g/mol. The van der Waals surface area contributed by atoms with Crippen LogP contribution in [0.2, 0.25) is 0 Å². The molecule has 0 bridgehead atoms. The van der Waals surface area contributed by atoms with Crippen LogP contribution in [0.1, 0.15) is 29.7 Å². The minimum absolute atomic E-state index is 0.321. The van der Waals surface area contributed by atoms with E-state index in [2.05, 4.69) is 10.3 Å². The minimum Gasteiger partial charge on any atom is -0.444 e. The van der Waals surface area contributed by atoms with Crippen LogP contribution in [-0.4, -0.2) is 4.98 Å². The molecule has 98 valence electrons. The molecule has 0 fully saturated rings. The van der Waals surface area contributed by atoms with E-state index >= 15 is 0 Å². The van der Waals surface area contributed by atoms with Crippen molar-refractivity contribution in [2.24, 2.45) is 0 Å². The predicted molar refractivity (Wildman–Crippen MR) is 67.5 cm³/mol. The normalized spacial score (nSPS) is 10.4. The van der Waals surface area contributed by atoms with Crippen LogP contribution in [0.4, 0.5) is 4.39 Å². The molecule has 4 nitrogen and oxygen atoms in total. The van der Waals surface area contributed by atoms with Gasteiger partial charge < -0.3 is 9.73 Å². The molecular weight excluding hydrogens is 245 g/mol. The predicted octanol–water partition coefficient (Wildman–Crippen LogP) is 2.54. The topological polar surface area (TPSA) is 61.9 Å². The van der Waals surface area contributed by atoms with Crippen LogP contribution in [0.5, 0.6) is 0 Å². The van der Waals surface area contributed by atoms with Gasteiger partial charge in [0.15, 0.2) is 0 Å². The third-order valence-electron chi connectivity index (χ3n) is 2.64. The van der Waals surface area contributed by atoms with Crippen molar-refractivity contribution < 1.29 is 8.81 Å². The second-order valence-corrected chi connectivity index (χ2v) is 4.14. The van der Waals surface area contributed by atoms with E-state index in [1.54, 1.807) is 12.3 Å². The molecule has 1 N–H and O–H groups in total. The fourth-order valence-electron chi connectivity index (χ4n) is 1.72. The summed E-state index contributed by atoms with van der Waals surface area (Å²) in [5, 5.41) is 11.9. The Balaban J connectivity index is 1.92. The fourth-order valence-corrected chi connectivity index (χ4v) is 1.72. The van der Waals surface area contributed by atoms with Crippen LogP contribution in [-0.2, 0) is 19.5 Å². The molecule has 1 aromatic heterocycles. The number of oxazole rings is 1. The maximum Gasteiger partial charge on any atom is 0.208 e. The SMILES string of the molecule is CCc1cnc(CNCc2cc(F)cc(C#N)c2)o1. The molecule has 0 amide bonds. The van der Waals surface area contributed by atoms with E-state index in [4.69, 9.17) is 9.68 Å². The van der Waals surface area contributed by atoms with Crippen molar-refractivity contribution in [3.8, 4) is 6.07 Å². The molecule has 0 atom stereocenters. The highest BCUT2D eigenvalue weighted by molar-refractivity contribution is 5.33. The van der Waals surface area contributed by atoms with Gasteiger partial charge in [-0.15, -0.1) is 0 Å². The fraction of sp³-hybridized carbons (Fsp3) is 0.286. The number of nitrogens with one attached hydrogen (secondary N) is 1.